The van der Waals surface area contributed by atoms with Crippen LogP contribution in [0.25, 0.3) is 0 Å². The quantitative estimate of drug-likeness (QED) is 0.687. The van der Waals surface area contributed by atoms with Crippen molar-refractivity contribution in [3.8, 4) is 0 Å². The first-order chi connectivity index (χ1) is 7.31. The van der Waals surface area contributed by atoms with E-state index in [0.29, 0.717) is 24.7 Å². The summed E-state index contributed by atoms with van der Waals surface area (Å²) in [7, 11) is 0. The number of hydrogen-bond donors (Lipinski definition) is 3. The smallest absolute Gasteiger partial charge is 0.179 e. The van der Waals surface area contributed by atoms with Crippen LogP contribution in [0.15, 0.2) is 0 Å². The van der Waals surface area contributed by atoms with Crippen molar-refractivity contribution in [1.29, 1.82) is 0 Å². The van der Waals surface area contributed by atoms with Gasteiger partial charge >= 0.3 is 0 Å². The van der Waals surface area contributed by atoms with E-state index in [1.54, 1.807) is 0 Å². The molecule has 0 aromatic carbocycles. The van der Waals surface area contributed by atoms with Crippen LogP contribution in [-0.2, 0) is 0 Å². The van der Waals surface area contributed by atoms with Crippen LogP contribution in [-0.4, -0.2) is 26.8 Å². The minimum absolute atomic E-state index is 0.453. The second-order valence-corrected chi connectivity index (χ2v) is 4.15. The molecule has 0 aliphatic heterocycles. The molecule has 1 atom stereocenters. The van der Waals surface area contributed by atoms with E-state index in [1.807, 2.05) is 0 Å². The van der Waals surface area contributed by atoms with Gasteiger partial charge in [-0.2, -0.15) is 5.10 Å². The lowest BCUT2D eigenvalue weighted by atomic mass is 10.1. The predicted octanol–water partition coefficient (Wildman–Crippen LogP) is 0.844. The Morgan fingerprint density at radius 2 is 2.20 bits per heavy atom. The first-order valence-electron chi connectivity index (χ1n) is 5.61. The Morgan fingerprint density at radius 1 is 1.47 bits per heavy atom. The summed E-state index contributed by atoms with van der Waals surface area (Å²) in [6, 6.07) is 0. The molecule has 5 nitrogen and oxygen atoms in total. The number of aliphatic hydroxyl groups excluding tert-OH is 1. The van der Waals surface area contributed by atoms with Crippen LogP contribution >= 0.6 is 0 Å². The van der Waals surface area contributed by atoms with Crippen LogP contribution in [0.5, 0.6) is 0 Å². The second-order valence-electron chi connectivity index (χ2n) is 4.15. The number of nitrogens with zero attached hydrogens (tertiary/aromatic N) is 2. The lowest BCUT2D eigenvalue weighted by Gasteiger charge is -2.04. The number of H-pyrrole nitrogens is 1. The largest absolute Gasteiger partial charge is 0.385 e. The molecule has 1 fully saturated rings. The molecule has 1 aromatic heterocycles. The van der Waals surface area contributed by atoms with E-state index in [-0.39, 0.29) is 0 Å². The van der Waals surface area contributed by atoms with Gasteiger partial charge in [0.1, 0.15) is 11.9 Å². The summed E-state index contributed by atoms with van der Waals surface area (Å²) in [5.41, 5.74) is 5.37. The standard InChI is InChI=1S/C10H18N4O/c11-6-5-8(15)10-12-9(13-14-10)7-3-1-2-4-7/h7-8,15H,1-6,11H2,(H,12,13,14). The average molecular weight is 210 g/mol. The number of nitrogens with one attached hydrogen (secondary N) is 1. The zero-order chi connectivity index (χ0) is 10.7. The van der Waals surface area contributed by atoms with Gasteiger partial charge in [-0.1, -0.05) is 12.8 Å². The molecule has 0 amide bonds. The molecule has 1 saturated carbocycles. The van der Waals surface area contributed by atoms with Crippen LogP contribution in [0.2, 0.25) is 0 Å². The van der Waals surface area contributed by atoms with E-state index in [1.165, 1.54) is 25.7 Å². The molecule has 1 aliphatic carbocycles. The van der Waals surface area contributed by atoms with E-state index in [0.717, 1.165) is 5.82 Å². The van der Waals surface area contributed by atoms with E-state index in [4.69, 9.17) is 5.73 Å². The van der Waals surface area contributed by atoms with Crippen molar-refractivity contribution in [2.45, 2.75) is 44.1 Å². The maximum atomic E-state index is 9.65. The Bertz CT molecular complexity index is 306. The van der Waals surface area contributed by atoms with Crippen molar-refractivity contribution < 1.29 is 5.11 Å². The van der Waals surface area contributed by atoms with Gasteiger partial charge in [-0.05, 0) is 25.8 Å². The predicted molar refractivity (Wildman–Crippen MR) is 56.2 cm³/mol. The van der Waals surface area contributed by atoms with Crippen LogP contribution in [0.4, 0.5) is 0 Å². The lowest BCUT2D eigenvalue weighted by molar-refractivity contribution is 0.160. The molecule has 4 N–H and O–H groups in total. The van der Waals surface area contributed by atoms with E-state index < -0.39 is 6.10 Å². The number of aliphatic hydroxyl groups is 1. The molecule has 1 heterocycles. The van der Waals surface area contributed by atoms with Gasteiger partial charge in [0.2, 0.25) is 0 Å². The van der Waals surface area contributed by atoms with Crippen LogP contribution < -0.4 is 5.73 Å². The summed E-state index contributed by atoms with van der Waals surface area (Å²) < 4.78 is 0. The zero-order valence-corrected chi connectivity index (χ0v) is 8.82. The Morgan fingerprint density at radius 3 is 2.87 bits per heavy atom. The van der Waals surface area contributed by atoms with Crippen LogP contribution in [0.3, 0.4) is 0 Å². The Kier molecular flexibility index (Phi) is 3.33. The van der Waals surface area contributed by atoms with Crippen molar-refractivity contribution in [2.24, 2.45) is 5.73 Å². The maximum Gasteiger partial charge on any atom is 0.179 e. The number of hydrogen-bond acceptors (Lipinski definition) is 4. The number of rotatable bonds is 4. The normalized spacial score (nSPS) is 19.6. The van der Waals surface area contributed by atoms with E-state index >= 15 is 0 Å². The average Bonchev–Trinajstić information content (AvgIpc) is 2.89. The van der Waals surface area contributed by atoms with Crippen molar-refractivity contribution >= 4 is 0 Å². The minimum atomic E-state index is -0.624. The third-order valence-electron chi connectivity index (χ3n) is 3.00. The molecule has 0 bridgehead atoms. The SMILES string of the molecule is NCCC(O)c1n[nH]c(C2CCCC2)n1. The fourth-order valence-electron chi connectivity index (χ4n) is 2.11. The number of aromatic nitrogens is 3. The monoisotopic (exact) mass is 210 g/mol. The topological polar surface area (TPSA) is 87.8 Å². The summed E-state index contributed by atoms with van der Waals surface area (Å²) in [6.45, 7) is 0.453. The zero-order valence-electron chi connectivity index (χ0n) is 8.82. The van der Waals surface area contributed by atoms with Gasteiger partial charge in [0.05, 0.1) is 0 Å². The molecule has 84 valence electrons. The molecule has 15 heavy (non-hydrogen) atoms. The first kappa shape index (κ1) is 10.6. The molecule has 1 unspecified atom stereocenters. The summed E-state index contributed by atoms with van der Waals surface area (Å²) in [4.78, 5) is 4.34. The fraction of sp³-hybridized carbons (Fsp3) is 0.800. The highest BCUT2D eigenvalue weighted by Crippen LogP contribution is 2.32. The molecule has 1 aliphatic rings. The van der Waals surface area contributed by atoms with Gasteiger partial charge < -0.3 is 10.8 Å². The molecule has 0 saturated heterocycles. The molecular weight excluding hydrogens is 192 g/mol. The van der Waals surface area contributed by atoms with Crippen molar-refractivity contribution in [3.05, 3.63) is 11.6 Å². The highest BCUT2D eigenvalue weighted by atomic mass is 16.3. The van der Waals surface area contributed by atoms with Crippen LogP contribution in [0, 0.1) is 0 Å². The number of aromatic amines is 1. The van der Waals surface area contributed by atoms with Gasteiger partial charge in [-0.3, -0.25) is 5.10 Å². The summed E-state index contributed by atoms with van der Waals surface area (Å²) in [5.74, 6) is 1.93. The van der Waals surface area contributed by atoms with Crippen molar-refractivity contribution in [1.82, 2.24) is 15.2 Å². The molecular formula is C10H18N4O. The van der Waals surface area contributed by atoms with Gasteiger partial charge in [-0.15, -0.1) is 0 Å². The third kappa shape index (κ3) is 2.35. The highest BCUT2D eigenvalue weighted by Gasteiger charge is 2.22. The fourth-order valence-corrected chi connectivity index (χ4v) is 2.11. The summed E-state index contributed by atoms with van der Waals surface area (Å²) >= 11 is 0. The molecule has 2 rings (SSSR count). The van der Waals surface area contributed by atoms with E-state index in [2.05, 4.69) is 15.2 Å². The Balaban J connectivity index is 2.02. The minimum Gasteiger partial charge on any atom is -0.385 e. The first-order valence-corrected chi connectivity index (χ1v) is 5.61. The van der Waals surface area contributed by atoms with Crippen molar-refractivity contribution in [2.75, 3.05) is 6.54 Å². The van der Waals surface area contributed by atoms with Crippen molar-refractivity contribution in [3.63, 3.8) is 0 Å². The summed E-state index contributed by atoms with van der Waals surface area (Å²) in [5, 5.41) is 16.6. The third-order valence-corrected chi connectivity index (χ3v) is 3.00. The molecule has 0 spiro atoms. The van der Waals surface area contributed by atoms with Gasteiger partial charge in [0, 0.05) is 5.92 Å². The molecule has 0 radical (unpaired) electrons. The lowest BCUT2D eigenvalue weighted by Crippen LogP contribution is -2.08. The maximum absolute atomic E-state index is 9.65. The van der Waals surface area contributed by atoms with Gasteiger partial charge in [0.25, 0.3) is 0 Å². The highest BCUT2D eigenvalue weighted by molar-refractivity contribution is 5.01. The van der Waals surface area contributed by atoms with E-state index in [9.17, 15) is 5.11 Å². The number of nitrogens with two attached hydrogens (primary N) is 1. The molecule has 1 aromatic rings. The second kappa shape index (κ2) is 4.72. The Hall–Kier alpha value is -0.940. The molecule has 5 heteroatoms. The Labute approximate surface area is 89.1 Å². The summed E-state index contributed by atoms with van der Waals surface area (Å²) in [6.07, 6.45) is 4.80. The van der Waals surface area contributed by atoms with Gasteiger partial charge in [0.15, 0.2) is 5.82 Å². The van der Waals surface area contributed by atoms with Gasteiger partial charge in [-0.25, -0.2) is 4.98 Å². The van der Waals surface area contributed by atoms with Crippen LogP contribution in [0.1, 0.15) is 55.8 Å².